The zero-order chi connectivity index (χ0) is 24.4. The molecular weight excluding hydrogens is 446 g/mol. The number of hydrogen-bond donors (Lipinski definition) is 1. The Morgan fingerprint density at radius 3 is 2.43 bits per heavy atom. The van der Waals surface area contributed by atoms with E-state index >= 15 is 0 Å². The average Bonchev–Trinajstić information content (AvgIpc) is 2.91. The van der Waals surface area contributed by atoms with Crippen LogP contribution in [0.3, 0.4) is 0 Å². The highest BCUT2D eigenvalue weighted by Crippen LogP contribution is 2.31. The molecule has 0 unspecified atom stereocenters. The van der Waals surface area contributed by atoms with Gasteiger partial charge in [-0.05, 0) is 61.9 Å². The Hall–Kier alpha value is -3.62. The first-order valence-corrected chi connectivity index (χ1v) is 12.3. The minimum atomic E-state index is -0.391. The zero-order valence-electron chi connectivity index (χ0n) is 20.0. The van der Waals surface area contributed by atoms with Crippen molar-refractivity contribution in [2.75, 3.05) is 38.2 Å². The van der Waals surface area contributed by atoms with Gasteiger partial charge in [-0.15, -0.1) is 0 Å². The Balaban J connectivity index is 1.18. The number of carbonyl (C=O) groups excluding carboxylic acids is 1. The number of aromatic amines is 1. The molecule has 1 aliphatic heterocycles. The number of carbonyl (C=O) groups is 1. The summed E-state index contributed by atoms with van der Waals surface area (Å²) in [7, 11) is 1.55. The van der Waals surface area contributed by atoms with E-state index in [4.69, 9.17) is 4.74 Å². The maximum Gasteiger partial charge on any atom is 0.328 e. The van der Waals surface area contributed by atoms with Gasteiger partial charge < -0.3 is 19.5 Å². The number of rotatable bonds is 5. The molecule has 0 bridgehead atoms. The van der Waals surface area contributed by atoms with E-state index in [2.05, 4.69) is 14.9 Å². The van der Waals surface area contributed by atoms with E-state index in [0.717, 1.165) is 57.5 Å². The average molecular weight is 478 g/mol. The summed E-state index contributed by atoms with van der Waals surface area (Å²) in [6, 6.07) is 9.07. The lowest BCUT2D eigenvalue weighted by molar-refractivity contribution is -0.137. The lowest BCUT2D eigenvalue weighted by Crippen LogP contribution is -2.50. The van der Waals surface area contributed by atoms with Gasteiger partial charge in [0, 0.05) is 56.7 Å². The number of piperazine rings is 1. The molecule has 184 valence electrons. The quantitative estimate of drug-likeness (QED) is 0.605. The van der Waals surface area contributed by atoms with Gasteiger partial charge in [0.05, 0.1) is 18.0 Å². The van der Waals surface area contributed by atoms with Crippen LogP contribution in [0.5, 0.6) is 5.75 Å². The summed E-state index contributed by atoms with van der Waals surface area (Å²) in [5, 5.41) is 0.443. The van der Waals surface area contributed by atoms with Crippen LogP contribution in [0.2, 0.25) is 0 Å². The van der Waals surface area contributed by atoms with Crippen molar-refractivity contribution < 1.29 is 9.53 Å². The topological polar surface area (TPSA) is 101 Å². The summed E-state index contributed by atoms with van der Waals surface area (Å²) in [5.41, 5.74) is 0.964. The predicted molar refractivity (Wildman–Crippen MR) is 134 cm³/mol. The van der Waals surface area contributed by atoms with Crippen molar-refractivity contribution in [1.82, 2.24) is 19.4 Å². The number of amides is 1. The summed E-state index contributed by atoms with van der Waals surface area (Å²) in [6.45, 7) is 3.47. The molecule has 1 amide bonds. The minimum Gasteiger partial charge on any atom is -0.497 e. The van der Waals surface area contributed by atoms with Crippen molar-refractivity contribution in [3.8, 4) is 5.75 Å². The van der Waals surface area contributed by atoms with E-state index in [-0.39, 0.29) is 23.3 Å². The lowest BCUT2D eigenvalue weighted by atomic mass is 9.81. The number of nitrogens with one attached hydrogen (secondary N) is 1. The van der Waals surface area contributed by atoms with Gasteiger partial charge in [0.25, 0.3) is 5.56 Å². The highest BCUT2D eigenvalue weighted by atomic mass is 16.5. The minimum absolute atomic E-state index is 0.0228. The summed E-state index contributed by atoms with van der Waals surface area (Å²) < 4.78 is 6.53. The molecule has 2 aromatic heterocycles. The van der Waals surface area contributed by atoms with Crippen molar-refractivity contribution in [1.29, 1.82) is 0 Å². The van der Waals surface area contributed by atoms with Gasteiger partial charge in [-0.1, -0.05) is 0 Å². The highest BCUT2D eigenvalue weighted by molar-refractivity contribution is 5.79. The van der Waals surface area contributed by atoms with Crippen molar-refractivity contribution in [3.05, 3.63) is 63.6 Å². The number of methoxy groups -OCH3 is 1. The first-order valence-electron chi connectivity index (χ1n) is 12.3. The Labute approximate surface area is 203 Å². The van der Waals surface area contributed by atoms with E-state index in [1.807, 2.05) is 17.0 Å². The van der Waals surface area contributed by atoms with Crippen LogP contribution in [0.4, 0.5) is 5.69 Å². The van der Waals surface area contributed by atoms with Gasteiger partial charge in [0.2, 0.25) is 5.91 Å². The molecule has 3 aromatic rings. The second-order valence-electron chi connectivity index (χ2n) is 9.49. The number of aromatic nitrogens is 3. The fourth-order valence-electron chi connectivity index (χ4n) is 5.37. The van der Waals surface area contributed by atoms with Gasteiger partial charge in [0.15, 0.2) is 0 Å². The normalized spacial score (nSPS) is 20.7. The van der Waals surface area contributed by atoms with E-state index < -0.39 is 5.69 Å². The lowest BCUT2D eigenvalue weighted by Gasteiger charge is -2.38. The third kappa shape index (κ3) is 4.80. The molecular formula is C26H31N5O4. The highest BCUT2D eigenvalue weighted by Gasteiger charge is 2.31. The van der Waals surface area contributed by atoms with Crippen LogP contribution in [0.15, 0.2) is 52.3 Å². The zero-order valence-corrected chi connectivity index (χ0v) is 20.0. The van der Waals surface area contributed by atoms with Crippen molar-refractivity contribution in [2.24, 2.45) is 11.8 Å². The van der Waals surface area contributed by atoms with Crippen molar-refractivity contribution >= 4 is 22.5 Å². The summed E-state index contributed by atoms with van der Waals surface area (Å²) in [6.07, 6.45) is 6.83. The van der Waals surface area contributed by atoms with Crippen LogP contribution in [0.25, 0.3) is 10.9 Å². The summed E-state index contributed by atoms with van der Waals surface area (Å²) in [4.78, 5) is 49.9. The third-order valence-corrected chi connectivity index (χ3v) is 7.45. The predicted octanol–water partition coefficient (Wildman–Crippen LogP) is 2.25. The molecule has 3 heterocycles. The number of hydrogen-bond acceptors (Lipinski definition) is 6. The van der Waals surface area contributed by atoms with Gasteiger partial charge >= 0.3 is 5.69 Å². The second kappa shape index (κ2) is 9.93. The monoisotopic (exact) mass is 477 g/mol. The molecule has 9 nitrogen and oxygen atoms in total. The molecule has 35 heavy (non-hydrogen) atoms. The molecule has 2 fully saturated rings. The number of fused-ring (bicyclic) bond motifs is 1. The van der Waals surface area contributed by atoms with Crippen LogP contribution in [-0.4, -0.2) is 58.6 Å². The third-order valence-electron chi connectivity index (χ3n) is 7.45. The number of ether oxygens (including phenoxy) is 1. The molecule has 1 aromatic carbocycles. The Bertz CT molecular complexity index is 1300. The van der Waals surface area contributed by atoms with Crippen LogP contribution < -0.4 is 20.9 Å². The van der Waals surface area contributed by atoms with Crippen LogP contribution in [-0.2, 0) is 11.3 Å². The van der Waals surface area contributed by atoms with Crippen LogP contribution >= 0.6 is 0 Å². The van der Waals surface area contributed by atoms with E-state index in [0.29, 0.717) is 23.2 Å². The van der Waals surface area contributed by atoms with E-state index in [1.165, 1.54) is 4.57 Å². The summed E-state index contributed by atoms with van der Waals surface area (Å²) in [5.74, 6) is 1.04. The molecule has 9 heteroatoms. The first-order chi connectivity index (χ1) is 17.0. The molecule has 1 saturated heterocycles. The van der Waals surface area contributed by atoms with Crippen molar-refractivity contribution in [2.45, 2.75) is 32.2 Å². The fourth-order valence-corrected chi connectivity index (χ4v) is 5.37. The number of anilines is 1. The van der Waals surface area contributed by atoms with Gasteiger partial charge in [-0.3, -0.25) is 19.1 Å². The molecule has 1 aliphatic carbocycles. The molecule has 1 N–H and O–H groups in total. The van der Waals surface area contributed by atoms with Gasteiger partial charge in [0.1, 0.15) is 5.75 Å². The Morgan fingerprint density at radius 1 is 1.03 bits per heavy atom. The number of H-pyrrole nitrogens is 1. The molecule has 0 atom stereocenters. The largest absolute Gasteiger partial charge is 0.497 e. The maximum atomic E-state index is 13.2. The second-order valence-corrected chi connectivity index (χ2v) is 9.49. The standard InChI is InChI=1S/C26H31N5O4/c1-35-21-6-7-23-22(16-21)25(33)31(26(34)28-23)17-18-2-4-19(5-3-18)24(32)30-14-12-29(13-15-30)20-8-10-27-11-9-20/h6-11,16,18-19H,2-5,12-15,17H2,1H3,(H,28,34)/t18-,19-. The summed E-state index contributed by atoms with van der Waals surface area (Å²) >= 11 is 0. The number of benzene rings is 1. The van der Waals surface area contributed by atoms with Gasteiger partial charge in [-0.25, -0.2) is 4.79 Å². The molecule has 1 saturated carbocycles. The maximum absolute atomic E-state index is 13.2. The fraction of sp³-hybridized carbons (Fsp3) is 0.462. The SMILES string of the molecule is COc1ccc2[nH]c(=O)n(C[C@H]3CC[C@H](C(=O)N4CCN(c5ccncc5)CC4)CC3)c(=O)c2c1. The number of nitrogens with zero attached hydrogens (tertiary/aromatic N) is 4. The van der Waals surface area contributed by atoms with Crippen molar-refractivity contribution in [3.63, 3.8) is 0 Å². The molecule has 0 radical (unpaired) electrons. The smallest absolute Gasteiger partial charge is 0.328 e. The van der Waals surface area contributed by atoms with Crippen LogP contribution in [0, 0.1) is 11.8 Å². The van der Waals surface area contributed by atoms with E-state index in [1.54, 1.807) is 37.7 Å². The molecule has 2 aliphatic rings. The molecule has 5 rings (SSSR count). The first kappa shape index (κ1) is 23.1. The van der Waals surface area contributed by atoms with Crippen LogP contribution in [0.1, 0.15) is 25.7 Å². The number of pyridine rings is 1. The van der Waals surface area contributed by atoms with E-state index in [9.17, 15) is 14.4 Å². The Morgan fingerprint density at radius 2 is 1.74 bits per heavy atom. The Kier molecular flexibility index (Phi) is 6.57. The van der Waals surface area contributed by atoms with Gasteiger partial charge in [-0.2, -0.15) is 0 Å². The molecule has 0 spiro atoms.